The highest BCUT2D eigenvalue weighted by Crippen LogP contribution is 2.33. The quantitative estimate of drug-likeness (QED) is 0.325. The number of aromatic nitrogens is 1. The maximum atomic E-state index is 5.69. The molecule has 5 aromatic rings. The second kappa shape index (κ2) is 8.52. The summed E-state index contributed by atoms with van der Waals surface area (Å²) in [7, 11) is 3.81. The fourth-order valence-electron chi connectivity index (χ4n) is 4.55. The van der Waals surface area contributed by atoms with Crippen molar-refractivity contribution in [2.24, 2.45) is 7.05 Å². The zero-order valence-electron chi connectivity index (χ0n) is 18.8. The third kappa shape index (κ3) is 3.76. The first-order valence-electron chi connectivity index (χ1n) is 11.1. The number of ether oxygens (including phenoxy) is 1. The van der Waals surface area contributed by atoms with E-state index >= 15 is 0 Å². The van der Waals surface area contributed by atoms with Gasteiger partial charge in [0.25, 0.3) is 0 Å². The molecule has 0 aliphatic carbocycles. The lowest BCUT2D eigenvalue weighted by Gasteiger charge is -2.18. The molecule has 1 atom stereocenters. The van der Waals surface area contributed by atoms with Gasteiger partial charge in [0, 0.05) is 42.3 Å². The van der Waals surface area contributed by atoms with E-state index in [0.717, 1.165) is 17.9 Å². The molecule has 4 aromatic carbocycles. The smallest absolute Gasteiger partial charge is 0.126 e. The summed E-state index contributed by atoms with van der Waals surface area (Å²) in [4.78, 5) is 0. The van der Waals surface area contributed by atoms with Crippen LogP contribution in [0, 0.1) is 0 Å². The Morgan fingerprint density at radius 1 is 0.875 bits per heavy atom. The normalized spacial score (nSPS) is 12.3. The summed E-state index contributed by atoms with van der Waals surface area (Å²) in [6.45, 7) is 3.02. The van der Waals surface area contributed by atoms with E-state index in [1.165, 1.54) is 38.4 Å². The molecule has 160 valence electrons. The monoisotopic (exact) mass is 420 g/mol. The van der Waals surface area contributed by atoms with Crippen molar-refractivity contribution >= 4 is 21.7 Å². The average molecular weight is 421 g/mol. The van der Waals surface area contributed by atoms with Gasteiger partial charge >= 0.3 is 0 Å². The summed E-state index contributed by atoms with van der Waals surface area (Å²) in [5, 5.41) is 7.53. The standard InChI is InChI=1S/C29H28N2O/c1-20(25-10-6-8-22-7-4-5-9-26(22)25)30-19-21-11-14-29(32-3)27(17-21)23-12-13-28-24(18-23)15-16-31(28)2/h4-18,20,30H,19H2,1-3H3/t20-/m1/s1. The van der Waals surface area contributed by atoms with E-state index in [2.05, 4.69) is 115 Å². The van der Waals surface area contributed by atoms with Crippen molar-refractivity contribution in [1.82, 2.24) is 9.88 Å². The van der Waals surface area contributed by atoms with Crippen molar-refractivity contribution in [2.45, 2.75) is 19.5 Å². The van der Waals surface area contributed by atoms with Crippen molar-refractivity contribution in [3.8, 4) is 16.9 Å². The first kappa shape index (κ1) is 20.3. The molecule has 0 spiro atoms. The summed E-state index contributed by atoms with van der Waals surface area (Å²) in [6, 6.07) is 30.6. The number of fused-ring (bicyclic) bond motifs is 2. The van der Waals surface area contributed by atoms with Gasteiger partial charge in [-0.15, -0.1) is 0 Å². The van der Waals surface area contributed by atoms with Crippen LogP contribution in [0.5, 0.6) is 5.75 Å². The van der Waals surface area contributed by atoms with Crippen LogP contribution in [0.2, 0.25) is 0 Å². The Morgan fingerprint density at radius 2 is 1.72 bits per heavy atom. The van der Waals surface area contributed by atoms with Crippen molar-refractivity contribution in [3.63, 3.8) is 0 Å². The van der Waals surface area contributed by atoms with E-state index in [-0.39, 0.29) is 6.04 Å². The maximum Gasteiger partial charge on any atom is 0.126 e. The molecule has 0 aliphatic heterocycles. The Bertz CT molecular complexity index is 1390. The molecule has 0 saturated heterocycles. The van der Waals surface area contributed by atoms with E-state index in [1.807, 2.05) is 0 Å². The third-order valence-corrected chi connectivity index (χ3v) is 6.36. The number of hydrogen-bond donors (Lipinski definition) is 1. The molecular weight excluding hydrogens is 392 g/mol. The Labute approximate surface area is 189 Å². The zero-order chi connectivity index (χ0) is 22.1. The fourth-order valence-corrected chi connectivity index (χ4v) is 4.55. The molecule has 0 aliphatic rings. The molecule has 0 saturated carbocycles. The molecule has 3 heteroatoms. The van der Waals surface area contributed by atoms with E-state index in [4.69, 9.17) is 4.74 Å². The highest BCUT2D eigenvalue weighted by Gasteiger charge is 2.12. The summed E-state index contributed by atoms with van der Waals surface area (Å²) < 4.78 is 7.83. The molecule has 0 radical (unpaired) electrons. The summed E-state index contributed by atoms with van der Waals surface area (Å²) in [5.74, 6) is 0.895. The van der Waals surface area contributed by atoms with Crippen LogP contribution in [-0.2, 0) is 13.6 Å². The molecule has 1 heterocycles. The molecule has 0 unspecified atom stereocenters. The molecule has 32 heavy (non-hydrogen) atoms. The van der Waals surface area contributed by atoms with Gasteiger partial charge in [0.05, 0.1) is 7.11 Å². The molecule has 0 amide bonds. The SMILES string of the molecule is COc1ccc(CN[C@H](C)c2cccc3ccccc23)cc1-c1ccc2c(ccn2C)c1. The van der Waals surface area contributed by atoms with Gasteiger partial charge in [0.1, 0.15) is 5.75 Å². The van der Waals surface area contributed by atoms with Crippen LogP contribution in [0.25, 0.3) is 32.8 Å². The largest absolute Gasteiger partial charge is 0.496 e. The van der Waals surface area contributed by atoms with Crippen LogP contribution >= 0.6 is 0 Å². The summed E-state index contributed by atoms with van der Waals surface area (Å²) in [6.07, 6.45) is 2.10. The highest BCUT2D eigenvalue weighted by atomic mass is 16.5. The second-order valence-corrected chi connectivity index (χ2v) is 8.41. The molecule has 0 bridgehead atoms. The number of methoxy groups -OCH3 is 1. The van der Waals surface area contributed by atoms with Gasteiger partial charge in [-0.2, -0.15) is 0 Å². The van der Waals surface area contributed by atoms with Crippen LogP contribution < -0.4 is 10.1 Å². The molecule has 1 N–H and O–H groups in total. The number of rotatable bonds is 6. The van der Waals surface area contributed by atoms with Crippen LogP contribution in [-0.4, -0.2) is 11.7 Å². The molecule has 3 nitrogen and oxygen atoms in total. The Balaban J connectivity index is 1.42. The van der Waals surface area contributed by atoms with Crippen LogP contribution in [0.3, 0.4) is 0 Å². The Hall–Kier alpha value is -3.56. The second-order valence-electron chi connectivity index (χ2n) is 8.41. The number of nitrogens with one attached hydrogen (secondary N) is 1. The van der Waals surface area contributed by atoms with Gasteiger partial charge in [0.2, 0.25) is 0 Å². The highest BCUT2D eigenvalue weighted by molar-refractivity contribution is 5.87. The van der Waals surface area contributed by atoms with Gasteiger partial charge in [0.15, 0.2) is 0 Å². The lowest BCUT2D eigenvalue weighted by atomic mass is 9.98. The Kier molecular flexibility index (Phi) is 5.42. The average Bonchev–Trinajstić information content (AvgIpc) is 3.22. The molecular formula is C29H28N2O. The molecule has 1 aromatic heterocycles. The van der Waals surface area contributed by atoms with Gasteiger partial charge in [-0.25, -0.2) is 0 Å². The molecule has 0 fully saturated rings. The van der Waals surface area contributed by atoms with Crippen molar-refractivity contribution in [3.05, 3.63) is 102 Å². The van der Waals surface area contributed by atoms with Gasteiger partial charge < -0.3 is 14.6 Å². The predicted molar refractivity (Wildman–Crippen MR) is 134 cm³/mol. The molecule has 5 rings (SSSR count). The minimum absolute atomic E-state index is 0.243. The summed E-state index contributed by atoms with van der Waals surface area (Å²) >= 11 is 0. The van der Waals surface area contributed by atoms with E-state index in [9.17, 15) is 0 Å². The van der Waals surface area contributed by atoms with E-state index in [0.29, 0.717) is 0 Å². The first-order chi connectivity index (χ1) is 15.6. The van der Waals surface area contributed by atoms with Gasteiger partial charge in [-0.3, -0.25) is 0 Å². The minimum atomic E-state index is 0.243. The zero-order valence-corrected chi connectivity index (χ0v) is 18.8. The number of benzene rings is 4. The van der Waals surface area contributed by atoms with Crippen LogP contribution in [0.15, 0.2) is 91.1 Å². The maximum absolute atomic E-state index is 5.69. The van der Waals surface area contributed by atoms with Gasteiger partial charge in [-0.05, 0) is 64.7 Å². The topological polar surface area (TPSA) is 26.2 Å². The van der Waals surface area contributed by atoms with Crippen LogP contribution in [0.1, 0.15) is 24.1 Å². The Morgan fingerprint density at radius 3 is 2.59 bits per heavy atom. The first-order valence-corrected chi connectivity index (χ1v) is 11.1. The number of nitrogens with zero attached hydrogens (tertiary/aromatic N) is 1. The van der Waals surface area contributed by atoms with Crippen molar-refractivity contribution in [2.75, 3.05) is 7.11 Å². The predicted octanol–water partition coefficient (Wildman–Crippen LogP) is 6.86. The lowest BCUT2D eigenvalue weighted by molar-refractivity contribution is 0.416. The van der Waals surface area contributed by atoms with Gasteiger partial charge in [-0.1, -0.05) is 54.6 Å². The van der Waals surface area contributed by atoms with Crippen molar-refractivity contribution in [1.29, 1.82) is 0 Å². The van der Waals surface area contributed by atoms with E-state index < -0.39 is 0 Å². The third-order valence-electron chi connectivity index (χ3n) is 6.36. The number of aryl methyl sites for hydroxylation is 1. The number of hydrogen-bond acceptors (Lipinski definition) is 2. The minimum Gasteiger partial charge on any atom is -0.496 e. The lowest BCUT2D eigenvalue weighted by Crippen LogP contribution is -2.18. The fraction of sp³-hybridized carbons (Fsp3) is 0.172. The van der Waals surface area contributed by atoms with Crippen LogP contribution in [0.4, 0.5) is 0 Å². The van der Waals surface area contributed by atoms with Crippen molar-refractivity contribution < 1.29 is 4.74 Å². The summed E-state index contributed by atoms with van der Waals surface area (Å²) in [5.41, 5.74) is 6.08. The van der Waals surface area contributed by atoms with E-state index in [1.54, 1.807) is 7.11 Å².